The number of hydrogen-bond acceptors (Lipinski definition) is 3. The van der Waals surface area contributed by atoms with Crippen LogP contribution in [0, 0.1) is 6.92 Å². The zero-order valence-electron chi connectivity index (χ0n) is 17.2. The number of halogens is 1. The Hall–Kier alpha value is -2.35. The summed E-state index contributed by atoms with van der Waals surface area (Å²) in [5, 5.41) is 7.89. The van der Waals surface area contributed by atoms with Crippen LogP contribution in [-0.2, 0) is 13.0 Å². The SMILES string of the molecule is CCNC(=NCc1ccnc2ccccc12)NCCc1cc(C)ccc1OC.I. The van der Waals surface area contributed by atoms with Gasteiger partial charge in [-0.25, -0.2) is 4.99 Å². The van der Waals surface area contributed by atoms with Crippen molar-refractivity contribution in [2.24, 2.45) is 4.99 Å². The molecule has 0 aliphatic carbocycles. The van der Waals surface area contributed by atoms with Crippen LogP contribution in [0.15, 0.2) is 59.7 Å². The molecule has 154 valence electrons. The molecule has 1 aromatic heterocycles. The van der Waals surface area contributed by atoms with Crippen molar-refractivity contribution >= 4 is 40.8 Å². The fourth-order valence-corrected chi connectivity index (χ4v) is 3.22. The highest BCUT2D eigenvalue weighted by molar-refractivity contribution is 14.0. The largest absolute Gasteiger partial charge is 0.496 e. The molecule has 1 heterocycles. The van der Waals surface area contributed by atoms with Crippen LogP contribution in [0.5, 0.6) is 5.75 Å². The predicted octanol–water partition coefficient (Wildman–Crippen LogP) is 4.47. The van der Waals surface area contributed by atoms with Crippen molar-refractivity contribution in [1.29, 1.82) is 0 Å². The number of aryl methyl sites for hydroxylation is 1. The molecule has 3 rings (SSSR count). The van der Waals surface area contributed by atoms with Crippen molar-refractivity contribution in [3.05, 3.63) is 71.4 Å². The van der Waals surface area contributed by atoms with Crippen LogP contribution in [0.25, 0.3) is 10.9 Å². The monoisotopic (exact) mass is 504 g/mol. The third-order valence-electron chi connectivity index (χ3n) is 4.61. The average Bonchev–Trinajstić information content (AvgIpc) is 2.72. The lowest BCUT2D eigenvalue weighted by atomic mass is 10.1. The van der Waals surface area contributed by atoms with E-state index in [1.807, 2.05) is 36.5 Å². The first-order valence-corrected chi connectivity index (χ1v) is 9.69. The lowest BCUT2D eigenvalue weighted by molar-refractivity contribution is 0.409. The molecule has 2 aromatic carbocycles. The fourth-order valence-electron chi connectivity index (χ4n) is 3.22. The summed E-state index contributed by atoms with van der Waals surface area (Å²) >= 11 is 0. The Bertz CT molecular complexity index is 953. The van der Waals surface area contributed by atoms with Gasteiger partial charge in [-0.2, -0.15) is 0 Å². The predicted molar refractivity (Wildman–Crippen MR) is 131 cm³/mol. The van der Waals surface area contributed by atoms with E-state index in [0.717, 1.165) is 42.1 Å². The maximum atomic E-state index is 5.47. The first-order chi connectivity index (χ1) is 13.7. The Morgan fingerprint density at radius 1 is 1.07 bits per heavy atom. The minimum Gasteiger partial charge on any atom is -0.496 e. The number of methoxy groups -OCH3 is 1. The van der Waals surface area contributed by atoms with Gasteiger partial charge in [0.1, 0.15) is 5.75 Å². The standard InChI is InChI=1S/C23H28N4O.HI/c1-4-24-23(26-14-11-18-15-17(2)9-10-22(18)28-3)27-16-19-12-13-25-21-8-6-5-7-20(19)21;/h5-10,12-13,15H,4,11,14,16H2,1-3H3,(H2,24,26,27);1H. The Morgan fingerprint density at radius 3 is 2.69 bits per heavy atom. The number of benzene rings is 2. The van der Waals surface area contributed by atoms with Gasteiger partial charge in [0, 0.05) is 24.7 Å². The molecular formula is C23H29IN4O. The first-order valence-electron chi connectivity index (χ1n) is 9.69. The molecule has 3 aromatic rings. The summed E-state index contributed by atoms with van der Waals surface area (Å²) in [7, 11) is 1.71. The normalized spacial score (nSPS) is 11.1. The number of aliphatic imine (C=N–C) groups is 1. The van der Waals surface area contributed by atoms with Crippen molar-refractivity contribution in [2.75, 3.05) is 20.2 Å². The van der Waals surface area contributed by atoms with E-state index >= 15 is 0 Å². The smallest absolute Gasteiger partial charge is 0.191 e. The van der Waals surface area contributed by atoms with Gasteiger partial charge in [0.2, 0.25) is 0 Å². The molecular weight excluding hydrogens is 475 g/mol. The minimum absolute atomic E-state index is 0. The van der Waals surface area contributed by atoms with Gasteiger partial charge in [0.05, 0.1) is 19.2 Å². The fraction of sp³-hybridized carbons (Fsp3) is 0.304. The molecule has 0 unspecified atom stereocenters. The molecule has 0 fully saturated rings. The maximum Gasteiger partial charge on any atom is 0.191 e. The minimum atomic E-state index is 0. The van der Waals surface area contributed by atoms with Crippen LogP contribution in [0.4, 0.5) is 0 Å². The van der Waals surface area contributed by atoms with Crippen LogP contribution < -0.4 is 15.4 Å². The van der Waals surface area contributed by atoms with Gasteiger partial charge in [-0.05, 0) is 49.6 Å². The second-order valence-electron chi connectivity index (χ2n) is 6.67. The summed E-state index contributed by atoms with van der Waals surface area (Å²) < 4.78 is 5.47. The van der Waals surface area contributed by atoms with Crippen LogP contribution in [0.2, 0.25) is 0 Å². The van der Waals surface area contributed by atoms with Crippen LogP contribution in [-0.4, -0.2) is 31.1 Å². The topological polar surface area (TPSA) is 58.5 Å². The van der Waals surface area contributed by atoms with Gasteiger partial charge < -0.3 is 15.4 Å². The second kappa shape index (κ2) is 11.6. The van der Waals surface area contributed by atoms with Gasteiger partial charge in [-0.1, -0.05) is 35.9 Å². The number of fused-ring (bicyclic) bond motifs is 1. The Morgan fingerprint density at radius 2 is 1.90 bits per heavy atom. The highest BCUT2D eigenvalue weighted by Gasteiger charge is 2.05. The Kier molecular flexibility index (Phi) is 9.18. The number of para-hydroxylation sites is 1. The molecule has 0 spiro atoms. The molecule has 29 heavy (non-hydrogen) atoms. The number of guanidine groups is 1. The van der Waals surface area contributed by atoms with Gasteiger partial charge in [0.15, 0.2) is 5.96 Å². The summed E-state index contributed by atoms with van der Waals surface area (Å²) in [5.74, 6) is 1.74. The molecule has 0 amide bonds. The summed E-state index contributed by atoms with van der Waals surface area (Å²) in [5.41, 5.74) is 4.61. The summed E-state index contributed by atoms with van der Waals surface area (Å²) in [4.78, 5) is 9.18. The number of pyridine rings is 1. The molecule has 0 atom stereocenters. The summed E-state index contributed by atoms with van der Waals surface area (Å²) in [6.07, 6.45) is 2.71. The lowest BCUT2D eigenvalue weighted by Gasteiger charge is -2.13. The van der Waals surface area contributed by atoms with Crippen molar-refractivity contribution in [3.63, 3.8) is 0 Å². The third kappa shape index (κ3) is 6.32. The van der Waals surface area contributed by atoms with E-state index in [1.165, 1.54) is 16.7 Å². The number of ether oxygens (including phenoxy) is 1. The number of nitrogens with zero attached hydrogens (tertiary/aromatic N) is 2. The first kappa shape index (κ1) is 22.9. The van der Waals surface area contributed by atoms with Gasteiger partial charge in [0.25, 0.3) is 0 Å². The number of hydrogen-bond donors (Lipinski definition) is 2. The van der Waals surface area contributed by atoms with Crippen LogP contribution >= 0.6 is 24.0 Å². The van der Waals surface area contributed by atoms with E-state index in [0.29, 0.717) is 6.54 Å². The number of aromatic nitrogens is 1. The highest BCUT2D eigenvalue weighted by atomic mass is 127. The molecule has 0 saturated heterocycles. The number of rotatable bonds is 7. The second-order valence-corrected chi connectivity index (χ2v) is 6.67. The molecule has 0 aliphatic rings. The maximum absolute atomic E-state index is 5.47. The average molecular weight is 504 g/mol. The zero-order valence-corrected chi connectivity index (χ0v) is 19.6. The molecule has 2 N–H and O–H groups in total. The Balaban J connectivity index is 0.00000300. The van der Waals surface area contributed by atoms with E-state index in [9.17, 15) is 0 Å². The van der Waals surface area contributed by atoms with Gasteiger partial charge >= 0.3 is 0 Å². The van der Waals surface area contributed by atoms with Crippen LogP contribution in [0.3, 0.4) is 0 Å². The van der Waals surface area contributed by atoms with E-state index in [1.54, 1.807) is 7.11 Å². The molecule has 0 radical (unpaired) electrons. The Labute approximate surface area is 190 Å². The van der Waals surface area contributed by atoms with Gasteiger partial charge in [-0.3, -0.25) is 4.98 Å². The molecule has 6 heteroatoms. The lowest BCUT2D eigenvalue weighted by Crippen LogP contribution is -2.38. The summed E-state index contributed by atoms with van der Waals surface area (Å²) in [6, 6.07) is 16.5. The molecule has 0 aliphatic heterocycles. The zero-order chi connectivity index (χ0) is 19.8. The molecule has 0 bridgehead atoms. The van der Waals surface area contributed by atoms with E-state index in [4.69, 9.17) is 9.73 Å². The van der Waals surface area contributed by atoms with Crippen molar-refractivity contribution in [1.82, 2.24) is 15.6 Å². The van der Waals surface area contributed by atoms with Crippen molar-refractivity contribution in [3.8, 4) is 5.75 Å². The summed E-state index contributed by atoms with van der Waals surface area (Å²) in [6.45, 7) is 6.37. The number of nitrogens with one attached hydrogen (secondary N) is 2. The van der Waals surface area contributed by atoms with Crippen LogP contribution in [0.1, 0.15) is 23.6 Å². The van der Waals surface area contributed by atoms with Crippen molar-refractivity contribution in [2.45, 2.75) is 26.8 Å². The quantitative estimate of drug-likeness (QED) is 0.283. The highest BCUT2D eigenvalue weighted by Crippen LogP contribution is 2.20. The van der Waals surface area contributed by atoms with Gasteiger partial charge in [-0.15, -0.1) is 24.0 Å². The van der Waals surface area contributed by atoms with E-state index < -0.39 is 0 Å². The van der Waals surface area contributed by atoms with E-state index in [-0.39, 0.29) is 24.0 Å². The van der Waals surface area contributed by atoms with Crippen molar-refractivity contribution < 1.29 is 4.74 Å². The third-order valence-corrected chi connectivity index (χ3v) is 4.61. The van der Waals surface area contributed by atoms with E-state index in [2.05, 4.69) is 47.7 Å². The molecule has 5 nitrogen and oxygen atoms in total. The molecule has 0 saturated carbocycles.